The summed E-state index contributed by atoms with van der Waals surface area (Å²) in [5.41, 5.74) is 2.11. The van der Waals surface area contributed by atoms with Gasteiger partial charge in [-0.3, -0.25) is 4.79 Å². The summed E-state index contributed by atoms with van der Waals surface area (Å²) in [6, 6.07) is 14.6. The van der Waals surface area contributed by atoms with Crippen LogP contribution in [-0.4, -0.2) is 10.2 Å². The number of aromatic hydroxyl groups is 1. The largest absolute Gasteiger partial charge is 0.507 e. The topological polar surface area (TPSA) is 37.3 Å². The van der Waals surface area contributed by atoms with E-state index in [1.165, 1.54) is 6.07 Å². The van der Waals surface area contributed by atoms with Gasteiger partial charge in [0.1, 0.15) is 5.75 Å². The molecule has 0 fully saturated rings. The first kappa shape index (κ1) is 10.8. The minimum atomic E-state index is -0.435. The van der Waals surface area contributed by atoms with Gasteiger partial charge in [0.15, 0.2) is 0 Å². The number of thiol groups is 1. The monoisotopic (exact) mass is 230 g/mol. The molecule has 16 heavy (non-hydrogen) atoms. The molecule has 0 radical (unpaired) electrons. The van der Waals surface area contributed by atoms with Crippen molar-refractivity contribution in [1.82, 2.24) is 0 Å². The van der Waals surface area contributed by atoms with E-state index in [1.807, 2.05) is 30.3 Å². The summed E-state index contributed by atoms with van der Waals surface area (Å²) in [6.07, 6.45) is 0. The van der Waals surface area contributed by atoms with Crippen molar-refractivity contribution in [3.05, 3.63) is 54.1 Å². The standard InChI is InChI=1S/C13H10O2S/c14-12-7-6-10(8-11(12)13(15)16)9-4-2-1-3-5-9/h1-8,14H,(H,15,16). The number of phenolic OH excluding ortho intramolecular Hbond substituents is 1. The lowest BCUT2D eigenvalue weighted by molar-refractivity contribution is 0.108. The Labute approximate surface area is 99.0 Å². The fraction of sp³-hybridized carbons (Fsp3) is 0. The van der Waals surface area contributed by atoms with Crippen LogP contribution < -0.4 is 0 Å². The molecule has 3 heteroatoms. The molecule has 2 rings (SSSR count). The average Bonchev–Trinajstić information content (AvgIpc) is 2.30. The molecular weight excluding hydrogens is 220 g/mol. The molecule has 0 heterocycles. The van der Waals surface area contributed by atoms with Crippen LogP contribution in [0.5, 0.6) is 5.75 Å². The van der Waals surface area contributed by atoms with Gasteiger partial charge in [-0.2, -0.15) is 0 Å². The first-order chi connectivity index (χ1) is 7.68. The summed E-state index contributed by atoms with van der Waals surface area (Å²) in [5, 5.41) is 9.05. The SMILES string of the molecule is O=C(S)c1cc(-c2ccccc2)ccc1O. The van der Waals surface area contributed by atoms with Crippen LogP contribution in [0.25, 0.3) is 11.1 Å². The molecule has 2 aromatic carbocycles. The highest BCUT2D eigenvalue weighted by Crippen LogP contribution is 2.26. The molecule has 0 aliphatic heterocycles. The van der Waals surface area contributed by atoms with Gasteiger partial charge in [0.2, 0.25) is 5.12 Å². The van der Waals surface area contributed by atoms with Gasteiger partial charge in [-0.05, 0) is 23.3 Å². The number of carbonyl (C=O) groups is 1. The Morgan fingerprint density at radius 1 is 1.00 bits per heavy atom. The van der Waals surface area contributed by atoms with Crippen LogP contribution >= 0.6 is 12.6 Å². The Balaban J connectivity index is 2.52. The smallest absolute Gasteiger partial charge is 0.220 e. The fourth-order valence-electron chi connectivity index (χ4n) is 1.52. The minimum Gasteiger partial charge on any atom is -0.507 e. The van der Waals surface area contributed by atoms with Crippen molar-refractivity contribution in [2.75, 3.05) is 0 Å². The molecule has 0 atom stereocenters. The molecule has 0 aromatic heterocycles. The van der Waals surface area contributed by atoms with Crippen molar-refractivity contribution in [2.45, 2.75) is 0 Å². The third-order valence-electron chi connectivity index (χ3n) is 2.33. The average molecular weight is 230 g/mol. The van der Waals surface area contributed by atoms with E-state index in [2.05, 4.69) is 12.6 Å². The molecule has 0 aliphatic carbocycles. The second-order valence-corrected chi connectivity index (χ2v) is 3.81. The predicted molar refractivity (Wildman–Crippen MR) is 66.9 cm³/mol. The van der Waals surface area contributed by atoms with Gasteiger partial charge < -0.3 is 5.11 Å². The van der Waals surface area contributed by atoms with Crippen molar-refractivity contribution >= 4 is 17.7 Å². The van der Waals surface area contributed by atoms with Gasteiger partial charge in [0.05, 0.1) is 5.56 Å². The molecule has 80 valence electrons. The first-order valence-electron chi connectivity index (χ1n) is 4.80. The zero-order valence-corrected chi connectivity index (χ0v) is 9.32. The lowest BCUT2D eigenvalue weighted by atomic mass is 10.0. The number of rotatable bonds is 2. The molecule has 0 spiro atoms. The molecule has 1 N–H and O–H groups in total. The third-order valence-corrected chi connectivity index (χ3v) is 2.57. The Morgan fingerprint density at radius 2 is 1.69 bits per heavy atom. The van der Waals surface area contributed by atoms with Crippen molar-refractivity contribution < 1.29 is 9.90 Å². The van der Waals surface area contributed by atoms with E-state index in [1.54, 1.807) is 12.1 Å². The van der Waals surface area contributed by atoms with Crippen LogP contribution in [0.3, 0.4) is 0 Å². The van der Waals surface area contributed by atoms with Gasteiger partial charge in [-0.1, -0.05) is 36.4 Å². The van der Waals surface area contributed by atoms with E-state index in [4.69, 9.17) is 0 Å². The van der Waals surface area contributed by atoms with Gasteiger partial charge in [-0.25, -0.2) is 0 Å². The van der Waals surface area contributed by atoms with E-state index < -0.39 is 5.12 Å². The molecular formula is C13H10O2S. The summed E-state index contributed by atoms with van der Waals surface area (Å²) >= 11 is 3.72. The molecule has 0 saturated heterocycles. The van der Waals surface area contributed by atoms with E-state index in [0.29, 0.717) is 0 Å². The van der Waals surface area contributed by atoms with E-state index in [-0.39, 0.29) is 11.3 Å². The number of carbonyl (C=O) groups excluding carboxylic acids is 1. The van der Waals surface area contributed by atoms with Gasteiger partial charge in [-0.15, -0.1) is 12.6 Å². The molecule has 2 nitrogen and oxygen atoms in total. The van der Waals surface area contributed by atoms with E-state index in [9.17, 15) is 9.90 Å². The van der Waals surface area contributed by atoms with E-state index >= 15 is 0 Å². The Bertz CT molecular complexity index is 521. The van der Waals surface area contributed by atoms with E-state index in [0.717, 1.165) is 11.1 Å². The normalized spacial score (nSPS) is 10.1. The molecule has 0 bridgehead atoms. The maximum absolute atomic E-state index is 11.2. The minimum absolute atomic E-state index is 0.0420. The third kappa shape index (κ3) is 2.09. The first-order valence-corrected chi connectivity index (χ1v) is 5.25. The highest BCUT2D eigenvalue weighted by atomic mass is 32.1. The van der Waals surface area contributed by atoms with Crippen molar-refractivity contribution in [3.63, 3.8) is 0 Å². The molecule has 0 amide bonds. The highest BCUT2D eigenvalue weighted by Gasteiger charge is 2.08. The quantitative estimate of drug-likeness (QED) is 0.778. The van der Waals surface area contributed by atoms with Gasteiger partial charge in [0.25, 0.3) is 0 Å². The number of hydrogen-bond donors (Lipinski definition) is 2. The lowest BCUT2D eigenvalue weighted by Crippen LogP contribution is -1.90. The van der Waals surface area contributed by atoms with Gasteiger partial charge in [0, 0.05) is 0 Å². The number of benzene rings is 2. The van der Waals surface area contributed by atoms with Crippen LogP contribution in [0.1, 0.15) is 10.4 Å². The summed E-state index contributed by atoms with van der Waals surface area (Å²) in [5.74, 6) is -0.0420. The molecule has 0 saturated carbocycles. The second kappa shape index (κ2) is 4.41. The van der Waals surface area contributed by atoms with Crippen LogP contribution in [0, 0.1) is 0 Å². The Hall–Kier alpha value is -1.74. The van der Waals surface area contributed by atoms with Crippen LogP contribution in [0.15, 0.2) is 48.5 Å². The Kier molecular flexibility index (Phi) is 2.97. The zero-order chi connectivity index (χ0) is 11.5. The lowest BCUT2D eigenvalue weighted by Gasteiger charge is -2.05. The second-order valence-electron chi connectivity index (χ2n) is 3.40. The zero-order valence-electron chi connectivity index (χ0n) is 8.42. The summed E-state index contributed by atoms with van der Waals surface area (Å²) < 4.78 is 0. The van der Waals surface area contributed by atoms with Gasteiger partial charge >= 0.3 is 0 Å². The number of hydrogen-bond acceptors (Lipinski definition) is 2. The molecule has 0 unspecified atom stereocenters. The molecule has 0 aliphatic rings. The summed E-state index contributed by atoms with van der Waals surface area (Å²) in [4.78, 5) is 11.2. The van der Waals surface area contributed by atoms with Crippen molar-refractivity contribution in [1.29, 1.82) is 0 Å². The Morgan fingerprint density at radius 3 is 2.31 bits per heavy atom. The summed E-state index contributed by atoms with van der Waals surface area (Å²) in [7, 11) is 0. The number of phenols is 1. The maximum Gasteiger partial charge on any atom is 0.220 e. The maximum atomic E-state index is 11.2. The van der Waals surface area contributed by atoms with Crippen LogP contribution in [0.2, 0.25) is 0 Å². The highest BCUT2D eigenvalue weighted by molar-refractivity contribution is 7.97. The van der Waals surface area contributed by atoms with Crippen molar-refractivity contribution in [2.24, 2.45) is 0 Å². The fourth-order valence-corrected chi connectivity index (χ4v) is 1.70. The summed E-state index contributed by atoms with van der Waals surface area (Å²) in [6.45, 7) is 0. The van der Waals surface area contributed by atoms with Crippen molar-refractivity contribution in [3.8, 4) is 16.9 Å². The van der Waals surface area contributed by atoms with Crippen LogP contribution in [-0.2, 0) is 0 Å². The predicted octanol–water partition coefficient (Wildman–Crippen LogP) is 3.13. The van der Waals surface area contributed by atoms with Crippen LogP contribution in [0.4, 0.5) is 0 Å². The molecule has 2 aromatic rings.